The summed E-state index contributed by atoms with van der Waals surface area (Å²) in [6, 6.07) is 6.93. The van der Waals surface area contributed by atoms with Gasteiger partial charge in [-0.3, -0.25) is 0 Å². The van der Waals surface area contributed by atoms with Crippen LogP contribution in [0, 0.1) is 18.3 Å². The van der Waals surface area contributed by atoms with Gasteiger partial charge in [0.05, 0.1) is 29.5 Å². The fraction of sp³-hybridized carbons (Fsp3) is 0.435. The summed E-state index contributed by atoms with van der Waals surface area (Å²) in [6.45, 7) is -0.336. The van der Waals surface area contributed by atoms with E-state index in [0.717, 1.165) is 54.5 Å². The van der Waals surface area contributed by atoms with Crippen molar-refractivity contribution in [3.8, 4) is 17.6 Å². The van der Waals surface area contributed by atoms with Gasteiger partial charge in [0.25, 0.3) is 0 Å². The Balaban J connectivity index is 1.83. The summed E-state index contributed by atoms with van der Waals surface area (Å²) in [5.74, 6) is 0.234. The number of hydrogen-bond donors (Lipinski definition) is 1. The highest BCUT2D eigenvalue weighted by Gasteiger charge is 2.27. The highest BCUT2D eigenvalue weighted by molar-refractivity contribution is 7.89. The van der Waals surface area contributed by atoms with Gasteiger partial charge in [-0.25, -0.2) is 31.9 Å². The van der Waals surface area contributed by atoms with Gasteiger partial charge in [0, 0.05) is 11.4 Å². The molecule has 0 spiro atoms. The molecule has 1 saturated carbocycles. The highest BCUT2D eigenvalue weighted by Crippen LogP contribution is 2.39. The zero-order valence-electron chi connectivity index (χ0n) is 18.3. The predicted octanol–water partition coefficient (Wildman–Crippen LogP) is 4.37. The molecular formula is C23H25F2N5O2S. The van der Waals surface area contributed by atoms with E-state index in [1.165, 1.54) is 6.42 Å². The average molecular weight is 474 g/mol. The van der Waals surface area contributed by atoms with Crippen LogP contribution in [-0.4, -0.2) is 42.3 Å². The Kier molecular flexibility index (Phi) is 6.72. The van der Waals surface area contributed by atoms with Crippen molar-refractivity contribution in [1.29, 1.82) is 5.26 Å². The topological polar surface area (TPSA) is 101 Å². The second-order valence-electron chi connectivity index (χ2n) is 8.39. The van der Waals surface area contributed by atoms with Crippen LogP contribution >= 0.6 is 0 Å². The molecule has 1 aliphatic carbocycles. The SMILES string of the molecule is Cc1ccc2c(C#N)c(-c3ncc(S(=O)(=O)NC(CF)CF)cn3)n(C3CCCCC3)c2c1. The summed E-state index contributed by atoms with van der Waals surface area (Å²) >= 11 is 0. The van der Waals surface area contributed by atoms with Crippen LogP contribution in [0.25, 0.3) is 22.4 Å². The Hall–Kier alpha value is -2.90. The second-order valence-corrected chi connectivity index (χ2v) is 10.1. The van der Waals surface area contributed by atoms with E-state index in [2.05, 4.69) is 20.6 Å². The first-order valence-electron chi connectivity index (χ1n) is 10.9. The molecule has 0 amide bonds. The first-order chi connectivity index (χ1) is 15.9. The second kappa shape index (κ2) is 9.53. The molecule has 1 fully saturated rings. The molecule has 1 N–H and O–H groups in total. The van der Waals surface area contributed by atoms with E-state index in [1.54, 1.807) is 0 Å². The van der Waals surface area contributed by atoms with E-state index in [1.807, 2.05) is 29.8 Å². The Bertz CT molecular complexity index is 1290. The number of rotatable bonds is 7. The molecular weight excluding hydrogens is 448 g/mol. The number of halogens is 2. The predicted molar refractivity (Wildman–Crippen MR) is 121 cm³/mol. The molecule has 2 heterocycles. The van der Waals surface area contributed by atoms with Crippen LogP contribution in [0.15, 0.2) is 35.5 Å². The first-order valence-corrected chi connectivity index (χ1v) is 12.4. The van der Waals surface area contributed by atoms with Crippen molar-refractivity contribution in [2.75, 3.05) is 13.3 Å². The standard InChI is InChI=1S/C23H25F2N5O2S/c1-15-7-8-19-20(12-26)22(30(21(19)9-15)17-5-3-2-4-6-17)23-27-13-18(14-28-23)33(31,32)29-16(10-24)11-25/h7-9,13-14,16-17,29H,2-6,10-11H2,1H3. The summed E-state index contributed by atoms with van der Waals surface area (Å²) in [7, 11) is -4.19. The van der Waals surface area contributed by atoms with Crippen molar-refractivity contribution in [1.82, 2.24) is 19.3 Å². The zero-order chi connectivity index (χ0) is 23.6. The van der Waals surface area contributed by atoms with E-state index >= 15 is 0 Å². The smallest absolute Gasteiger partial charge is 0.244 e. The molecule has 0 aliphatic heterocycles. The maximum Gasteiger partial charge on any atom is 0.244 e. The van der Waals surface area contributed by atoms with Crippen LogP contribution in [-0.2, 0) is 10.0 Å². The van der Waals surface area contributed by atoms with Gasteiger partial charge in [-0.15, -0.1) is 0 Å². The van der Waals surface area contributed by atoms with Gasteiger partial charge in [-0.05, 0) is 31.4 Å². The number of alkyl halides is 2. The van der Waals surface area contributed by atoms with E-state index in [4.69, 9.17) is 0 Å². The Morgan fingerprint density at radius 2 is 1.85 bits per heavy atom. The maximum absolute atomic E-state index is 12.8. The minimum absolute atomic E-state index is 0.184. The Labute approximate surface area is 191 Å². The van der Waals surface area contributed by atoms with E-state index in [9.17, 15) is 22.5 Å². The fourth-order valence-electron chi connectivity index (χ4n) is 4.44. The van der Waals surface area contributed by atoms with E-state index < -0.39 is 29.4 Å². The lowest BCUT2D eigenvalue weighted by molar-refractivity contribution is 0.334. The third-order valence-corrected chi connectivity index (χ3v) is 7.53. The Morgan fingerprint density at radius 3 is 2.45 bits per heavy atom. The molecule has 0 saturated heterocycles. The van der Waals surface area contributed by atoms with Crippen LogP contribution in [0.1, 0.15) is 49.3 Å². The van der Waals surface area contributed by atoms with Crippen molar-refractivity contribution in [3.05, 3.63) is 41.7 Å². The summed E-state index contributed by atoms with van der Waals surface area (Å²) in [4.78, 5) is 8.23. The monoisotopic (exact) mass is 473 g/mol. The summed E-state index contributed by atoms with van der Waals surface area (Å²) < 4.78 is 54.6. The quantitative estimate of drug-likeness (QED) is 0.549. The highest BCUT2D eigenvalue weighted by atomic mass is 32.2. The van der Waals surface area contributed by atoms with Gasteiger partial charge in [0.2, 0.25) is 10.0 Å². The third kappa shape index (κ3) is 4.48. The summed E-state index contributed by atoms with van der Waals surface area (Å²) in [6.07, 6.45) is 7.50. The maximum atomic E-state index is 12.8. The van der Waals surface area contributed by atoms with Crippen LogP contribution in [0.5, 0.6) is 0 Å². The van der Waals surface area contributed by atoms with Crippen molar-refractivity contribution < 1.29 is 17.2 Å². The van der Waals surface area contributed by atoms with Crippen LogP contribution < -0.4 is 4.72 Å². The number of fused-ring (bicyclic) bond motifs is 1. The number of nitriles is 1. The average Bonchev–Trinajstić information content (AvgIpc) is 3.16. The Morgan fingerprint density at radius 1 is 1.18 bits per heavy atom. The van der Waals surface area contributed by atoms with Crippen molar-refractivity contribution >= 4 is 20.9 Å². The van der Waals surface area contributed by atoms with E-state index in [-0.39, 0.29) is 16.8 Å². The summed E-state index contributed by atoms with van der Waals surface area (Å²) in [5, 5.41) is 10.8. The molecule has 10 heteroatoms. The normalized spacial score (nSPS) is 15.2. The molecule has 33 heavy (non-hydrogen) atoms. The van der Waals surface area contributed by atoms with E-state index in [0.29, 0.717) is 11.3 Å². The zero-order valence-corrected chi connectivity index (χ0v) is 19.1. The van der Waals surface area contributed by atoms with Crippen molar-refractivity contribution in [2.45, 2.75) is 56.0 Å². The first kappa shape index (κ1) is 23.3. The van der Waals surface area contributed by atoms with Gasteiger partial charge in [0.1, 0.15) is 30.0 Å². The number of nitrogens with zero attached hydrogens (tertiary/aromatic N) is 4. The molecule has 0 radical (unpaired) electrons. The van der Waals surface area contributed by atoms with Gasteiger partial charge >= 0.3 is 0 Å². The van der Waals surface area contributed by atoms with Gasteiger partial charge in [-0.1, -0.05) is 31.4 Å². The third-order valence-electron chi connectivity index (χ3n) is 6.06. The van der Waals surface area contributed by atoms with Crippen LogP contribution in [0.3, 0.4) is 0 Å². The number of nitrogens with one attached hydrogen (secondary N) is 1. The number of hydrogen-bond acceptors (Lipinski definition) is 5. The lowest BCUT2D eigenvalue weighted by atomic mass is 9.95. The van der Waals surface area contributed by atoms with Crippen LogP contribution in [0.4, 0.5) is 8.78 Å². The minimum atomic E-state index is -4.19. The molecule has 0 atom stereocenters. The van der Waals surface area contributed by atoms with Crippen LogP contribution in [0.2, 0.25) is 0 Å². The number of benzene rings is 1. The number of aromatic nitrogens is 3. The molecule has 3 aromatic rings. The lowest BCUT2D eigenvalue weighted by Gasteiger charge is -2.26. The lowest BCUT2D eigenvalue weighted by Crippen LogP contribution is -2.38. The molecule has 1 aliphatic rings. The van der Waals surface area contributed by atoms with Crippen molar-refractivity contribution in [2.24, 2.45) is 0 Å². The van der Waals surface area contributed by atoms with Gasteiger partial charge < -0.3 is 4.57 Å². The molecule has 4 rings (SSSR count). The largest absolute Gasteiger partial charge is 0.334 e. The molecule has 1 aromatic carbocycles. The molecule has 2 aromatic heterocycles. The number of aryl methyl sites for hydroxylation is 1. The fourth-order valence-corrected chi connectivity index (χ4v) is 5.52. The molecule has 0 unspecified atom stereocenters. The molecule has 7 nitrogen and oxygen atoms in total. The van der Waals surface area contributed by atoms with Gasteiger partial charge in [-0.2, -0.15) is 5.26 Å². The van der Waals surface area contributed by atoms with Gasteiger partial charge in [0.15, 0.2) is 5.82 Å². The van der Waals surface area contributed by atoms with Crippen molar-refractivity contribution in [3.63, 3.8) is 0 Å². The molecule has 0 bridgehead atoms. The minimum Gasteiger partial charge on any atom is -0.334 e. The summed E-state index contributed by atoms with van der Waals surface area (Å²) in [5.41, 5.74) is 3.01. The molecule has 174 valence electrons. The number of sulfonamides is 1.